The number of nitrogens with one attached hydrogen (secondary N) is 1. The first-order valence-electron chi connectivity index (χ1n) is 6.49. The Kier molecular flexibility index (Phi) is 4.48. The van der Waals surface area contributed by atoms with Crippen molar-refractivity contribution in [3.05, 3.63) is 65.0 Å². The number of nitrogens with zero attached hydrogens (tertiary/aromatic N) is 1. The van der Waals surface area contributed by atoms with Gasteiger partial charge in [-0.05, 0) is 36.6 Å². The summed E-state index contributed by atoms with van der Waals surface area (Å²) < 4.78 is 0. The number of aryl methyl sites for hydroxylation is 2. The molecule has 0 unspecified atom stereocenters. The largest absolute Gasteiger partial charge is 0.307 e. The fourth-order valence-corrected chi connectivity index (χ4v) is 2.10. The normalized spacial score (nSPS) is 10.6. The van der Waals surface area contributed by atoms with E-state index in [1.165, 1.54) is 11.1 Å². The van der Waals surface area contributed by atoms with Gasteiger partial charge in [0.2, 0.25) is 0 Å². The minimum atomic E-state index is 0.819. The number of rotatable bonds is 5. The topological polar surface area (TPSA) is 24.9 Å². The van der Waals surface area contributed by atoms with Crippen molar-refractivity contribution in [2.24, 2.45) is 0 Å². The molecule has 0 radical (unpaired) electrons. The molecule has 1 aromatic carbocycles. The van der Waals surface area contributed by atoms with Crippen LogP contribution in [0.5, 0.6) is 0 Å². The van der Waals surface area contributed by atoms with Gasteiger partial charge in [0.05, 0.1) is 5.69 Å². The van der Waals surface area contributed by atoms with Crippen LogP contribution in [0.4, 0.5) is 0 Å². The molecule has 2 heteroatoms. The molecule has 2 nitrogen and oxygen atoms in total. The fourth-order valence-electron chi connectivity index (χ4n) is 2.10. The van der Waals surface area contributed by atoms with Crippen molar-refractivity contribution in [1.82, 2.24) is 10.3 Å². The first-order valence-corrected chi connectivity index (χ1v) is 6.49. The molecule has 0 bridgehead atoms. The van der Waals surface area contributed by atoms with E-state index in [1.807, 2.05) is 13.0 Å². The van der Waals surface area contributed by atoms with Crippen LogP contribution in [0.2, 0.25) is 0 Å². The second-order valence-electron chi connectivity index (χ2n) is 4.50. The summed E-state index contributed by atoms with van der Waals surface area (Å²) in [7, 11) is 0. The quantitative estimate of drug-likeness (QED) is 0.868. The van der Waals surface area contributed by atoms with Gasteiger partial charge in [-0.15, -0.1) is 0 Å². The van der Waals surface area contributed by atoms with Gasteiger partial charge in [-0.1, -0.05) is 37.3 Å². The number of aromatic nitrogens is 1. The minimum Gasteiger partial charge on any atom is -0.307 e. The highest BCUT2D eigenvalue weighted by atomic mass is 14.9. The molecule has 0 aliphatic rings. The molecule has 0 saturated heterocycles. The summed E-state index contributed by atoms with van der Waals surface area (Å²) in [6.45, 7) is 5.94. The molecule has 0 atom stereocenters. The maximum Gasteiger partial charge on any atom is 0.0544 e. The van der Waals surface area contributed by atoms with Crippen molar-refractivity contribution < 1.29 is 0 Å². The van der Waals surface area contributed by atoms with E-state index < -0.39 is 0 Å². The summed E-state index contributed by atoms with van der Waals surface area (Å²) in [5.74, 6) is 0. The predicted octanol–water partition coefficient (Wildman–Crippen LogP) is 3.24. The maximum atomic E-state index is 4.48. The highest BCUT2D eigenvalue weighted by Crippen LogP contribution is 2.09. The van der Waals surface area contributed by atoms with Crippen LogP contribution >= 0.6 is 0 Å². The van der Waals surface area contributed by atoms with E-state index >= 15 is 0 Å². The lowest BCUT2D eigenvalue weighted by Crippen LogP contribution is -2.15. The molecule has 94 valence electrons. The van der Waals surface area contributed by atoms with E-state index in [4.69, 9.17) is 0 Å². The van der Waals surface area contributed by atoms with E-state index in [1.54, 1.807) is 0 Å². The molecule has 0 amide bonds. The van der Waals surface area contributed by atoms with Gasteiger partial charge < -0.3 is 5.32 Å². The molecule has 0 fully saturated rings. The van der Waals surface area contributed by atoms with Gasteiger partial charge in [0.25, 0.3) is 0 Å². The van der Waals surface area contributed by atoms with E-state index in [2.05, 4.69) is 53.6 Å². The average molecular weight is 240 g/mol. The van der Waals surface area contributed by atoms with E-state index in [0.29, 0.717) is 0 Å². The molecule has 1 aromatic heterocycles. The maximum absolute atomic E-state index is 4.48. The monoisotopic (exact) mass is 240 g/mol. The van der Waals surface area contributed by atoms with Crippen molar-refractivity contribution in [2.45, 2.75) is 33.4 Å². The van der Waals surface area contributed by atoms with E-state index in [-0.39, 0.29) is 0 Å². The predicted molar refractivity (Wildman–Crippen MR) is 75.3 cm³/mol. The average Bonchev–Trinajstić information content (AvgIpc) is 2.39. The molecule has 1 N–H and O–H groups in total. The first kappa shape index (κ1) is 12.8. The third-order valence-corrected chi connectivity index (χ3v) is 3.07. The number of pyridine rings is 1. The van der Waals surface area contributed by atoms with Crippen molar-refractivity contribution >= 4 is 0 Å². The Morgan fingerprint density at radius 1 is 0.944 bits per heavy atom. The Hall–Kier alpha value is -1.67. The summed E-state index contributed by atoms with van der Waals surface area (Å²) >= 11 is 0. The second kappa shape index (κ2) is 6.31. The molecule has 0 aliphatic heterocycles. The molecular formula is C16H20N2. The van der Waals surface area contributed by atoms with Gasteiger partial charge in [-0.2, -0.15) is 0 Å². The summed E-state index contributed by atoms with van der Waals surface area (Å²) in [4.78, 5) is 4.48. The Morgan fingerprint density at radius 2 is 1.72 bits per heavy atom. The van der Waals surface area contributed by atoms with Crippen molar-refractivity contribution in [1.29, 1.82) is 0 Å². The van der Waals surface area contributed by atoms with E-state index in [0.717, 1.165) is 30.9 Å². The van der Waals surface area contributed by atoms with Crippen LogP contribution in [0.1, 0.15) is 29.4 Å². The van der Waals surface area contributed by atoms with Crippen LogP contribution < -0.4 is 5.32 Å². The summed E-state index contributed by atoms with van der Waals surface area (Å²) in [6.07, 6.45) is 1.08. The molecule has 0 spiro atoms. The molecule has 0 aliphatic carbocycles. The smallest absolute Gasteiger partial charge is 0.0544 e. The molecule has 1 heterocycles. The Bertz CT molecular complexity index is 506. The minimum absolute atomic E-state index is 0.819. The summed E-state index contributed by atoms with van der Waals surface area (Å²) in [5.41, 5.74) is 4.97. The zero-order chi connectivity index (χ0) is 12.8. The number of hydrogen-bond donors (Lipinski definition) is 1. The van der Waals surface area contributed by atoms with Crippen LogP contribution in [0.25, 0.3) is 0 Å². The van der Waals surface area contributed by atoms with Crippen LogP contribution in [0.3, 0.4) is 0 Å². The number of hydrogen-bond acceptors (Lipinski definition) is 2. The lowest BCUT2D eigenvalue weighted by atomic mass is 10.1. The van der Waals surface area contributed by atoms with Gasteiger partial charge >= 0.3 is 0 Å². The first-order chi connectivity index (χ1) is 8.79. The third-order valence-electron chi connectivity index (χ3n) is 3.07. The highest BCUT2D eigenvalue weighted by molar-refractivity contribution is 5.26. The SMILES string of the molecule is CCc1ccccc1CNCc1cccc(C)n1. The number of benzene rings is 1. The second-order valence-corrected chi connectivity index (χ2v) is 4.50. The zero-order valence-corrected chi connectivity index (χ0v) is 11.1. The fraction of sp³-hybridized carbons (Fsp3) is 0.312. The molecule has 2 rings (SSSR count). The standard InChI is InChI=1S/C16H20N2/c1-3-14-8-4-5-9-15(14)11-17-12-16-10-6-7-13(2)18-16/h4-10,17H,3,11-12H2,1-2H3. The molecule has 18 heavy (non-hydrogen) atoms. The Labute approximate surface area is 109 Å². The third kappa shape index (κ3) is 3.41. The van der Waals surface area contributed by atoms with Gasteiger partial charge in [-0.25, -0.2) is 0 Å². The van der Waals surface area contributed by atoms with Crippen LogP contribution in [-0.4, -0.2) is 4.98 Å². The molecule has 0 saturated carbocycles. The van der Waals surface area contributed by atoms with Crippen molar-refractivity contribution in [3.63, 3.8) is 0 Å². The summed E-state index contributed by atoms with van der Waals surface area (Å²) in [6, 6.07) is 14.7. The Morgan fingerprint density at radius 3 is 2.44 bits per heavy atom. The van der Waals surface area contributed by atoms with Crippen molar-refractivity contribution in [2.75, 3.05) is 0 Å². The van der Waals surface area contributed by atoms with E-state index in [9.17, 15) is 0 Å². The van der Waals surface area contributed by atoms with Crippen molar-refractivity contribution in [3.8, 4) is 0 Å². The van der Waals surface area contributed by atoms with Crippen LogP contribution in [0.15, 0.2) is 42.5 Å². The molecule has 2 aromatic rings. The Balaban J connectivity index is 1.92. The van der Waals surface area contributed by atoms with Gasteiger partial charge in [0.15, 0.2) is 0 Å². The lowest BCUT2D eigenvalue weighted by molar-refractivity contribution is 0.674. The lowest BCUT2D eigenvalue weighted by Gasteiger charge is -2.09. The van der Waals surface area contributed by atoms with Gasteiger partial charge in [0, 0.05) is 18.8 Å². The highest BCUT2D eigenvalue weighted by Gasteiger charge is 2.00. The van der Waals surface area contributed by atoms with Gasteiger partial charge in [-0.3, -0.25) is 4.98 Å². The van der Waals surface area contributed by atoms with Crippen LogP contribution in [-0.2, 0) is 19.5 Å². The molecular weight excluding hydrogens is 220 g/mol. The zero-order valence-electron chi connectivity index (χ0n) is 11.1. The van der Waals surface area contributed by atoms with Crippen LogP contribution in [0, 0.1) is 6.92 Å². The van der Waals surface area contributed by atoms with Gasteiger partial charge in [0.1, 0.15) is 0 Å². The summed E-state index contributed by atoms with van der Waals surface area (Å²) in [5, 5.41) is 3.46.